The lowest BCUT2D eigenvalue weighted by atomic mass is 10.3. The van der Waals surface area contributed by atoms with Gasteiger partial charge in [0.05, 0.1) is 5.75 Å². The molecule has 0 radical (unpaired) electrons. The fourth-order valence-corrected chi connectivity index (χ4v) is 2.57. The Kier molecular flexibility index (Phi) is 3.87. The summed E-state index contributed by atoms with van der Waals surface area (Å²) < 4.78 is 5.52. The van der Waals surface area contributed by atoms with Crippen molar-refractivity contribution in [3.8, 4) is 0 Å². The first-order valence-electron chi connectivity index (χ1n) is 6.40. The van der Waals surface area contributed by atoms with Gasteiger partial charge >= 0.3 is 0 Å². The predicted octanol–water partition coefficient (Wildman–Crippen LogP) is 2.98. The van der Waals surface area contributed by atoms with Crippen LogP contribution in [0.3, 0.4) is 0 Å². The largest absolute Gasteiger partial charge is 0.430 e. The third-order valence-corrected chi connectivity index (χ3v) is 3.79. The SMILES string of the molecule is CN(C(=O)CSc1nc2ncccc2o1)c1ccccc1. The summed E-state index contributed by atoms with van der Waals surface area (Å²) in [5.74, 6) is 0.250. The van der Waals surface area contributed by atoms with Gasteiger partial charge in [0.25, 0.3) is 5.22 Å². The minimum atomic E-state index is -0.0126. The molecule has 3 aromatic rings. The minimum Gasteiger partial charge on any atom is -0.430 e. The van der Waals surface area contributed by atoms with Crippen LogP contribution in [0.5, 0.6) is 0 Å². The van der Waals surface area contributed by atoms with E-state index in [1.165, 1.54) is 11.8 Å². The zero-order valence-corrected chi connectivity index (χ0v) is 12.2. The molecule has 0 N–H and O–H groups in total. The zero-order chi connectivity index (χ0) is 14.7. The third kappa shape index (κ3) is 3.05. The van der Waals surface area contributed by atoms with E-state index in [0.717, 1.165) is 5.69 Å². The maximum absolute atomic E-state index is 12.2. The number of benzene rings is 1. The standard InChI is InChI=1S/C15H13N3O2S/c1-18(11-6-3-2-4-7-11)13(19)10-21-15-17-14-12(20-15)8-5-9-16-14/h2-9H,10H2,1H3. The number of rotatable bonds is 4. The third-order valence-electron chi connectivity index (χ3n) is 2.98. The molecular formula is C15H13N3O2S. The van der Waals surface area contributed by atoms with Crippen molar-refractivity contribution >= 4 is 34.6 Å². The van der Waals surface area contributed by atoms with Crippen LogP contribution in [0.15, 0.2) is 58.3 Å². The summed E-state index contributed by atoms with van der Waals surface area (Å²) >= 11 is 1.27. The van der Waals surface area contributed by atoms with Crippen LogP contribution < -0.4 is 4.90 Å². The molecule has 3 rings (SSSR count). The molecule has 0 aliphatic rings. The van der Waals surface area contributed by atoms with E-state index in [0.29, 0.717) is 16.5 Å². The van der Waals surface area contributed by atoms with Crippen LogP contribution in [0.1, 0.15) is 0 Å². The van der Waals surface area contributed by atoms with Crippen molar-refractivity contribution in [2.45, 2.75) is 5.22 Å². The maximum Gasteiger partial charge on any atom is 0.258 e. The summed E-state index contributed by atoms with van der Waals surface area (Å²) in [5.41, 5.74) is 2.05. The van der Waals surface area contributed by atoms with E-state index in [1.54, 1.807) is 30.3 Å². The summed E-state index contributed by atoms with van der Waals surface area (Å²) in [6.07, 6.45) is 1.66. The topological polar surface area (TPSA) is 59.2 Å². The molecular weight excluding hydrogens is 286 g/mol. The van der Waals surface area contributed by atoms with Crippen LogP contribution in [-0.4, -0.2) is 28.7 Å². The van der Waals surface area contributed by atoms with Gasteiger partial charge in [-0.15, -0.1) is 0 Å². The van der Waals surface area contributed by atoms with Gasteiger partial charge in [0.15, 0.2) is 11.2 Å². The molecule has 0 saturated carbocycles. The average Bonchev–Trinajstić information content (AvgIpc) is 2.95. The van der Waals surface area contributed by atoms with Crippen LogP contribution in [0.2, 0.25) is 0 Å². The van der Waals surface area contributed by atoms with Gasteiger partial charge in [-0.25, -0.2) is 4.98 Å². The van der Waals surface area contributed by atoms with Gasteiger partial charge in [-0.3, -0.25) is 4.79 Å². The first-order valence-corrected chi connectivity index (χ1v) is 7.38. The van der Waals surface area contributed by atoms with E-state index in [1.807, 2.05) is 30.3 Å². The van der Waals surface area contributed by atoms with Crippen molar-refractivity contribution in [1.29, 1.82) is 0 Å². The van der Waals surface area contributed by atoms with Gasteiger partial charge in [-0.05, 0) is 24.3 Å². The molecule has 0 unspecified atom stereocenters. The smallest absolute Gasteiger partial charge is 0.258 e. The number of para-hydroxylation sites is 1. The van der Waals surface area contributed by atoms with Gasteiger partial charge in [0.2, 0.25) is 5.91 Å². The van der Waals surface area contributed by atoms with Crippen LogP contribution in [0, 0.1) is 0 Å². The van der Waals surface area contributed by atoms with Gasteiger partial charge < -0.3 is 9.32 Å². The maximum atomic E-state index is 12.2. The summed E-state index contributed by atoms with van der Waals surface area (Å²) in [6, 6.07) is 13.1. The van der Waals surface area contributed by atoms with E-state index >= 15 is 0 Å². The lowest BCUT2D eigenvalue weighted by Gasteiger charge is -2.16. The Hall–Kier alpha value is -2.34. The molecule has 0 fully saturated rings. The normalized spacial score (nSPS) is 10.7. The van der Waals surface area contributed by atoms with E-state index in [9.17, 15) is 4.79 Å². The molecule has 106 valence electrons. The Labute approximate surface area is 126 Å². The number of aromatic nitrogens is 2. The van der Waals surface area contributed by atoms with Crippen molar-refractivity contribution < 1.29 is 9.21 Å². The summed E-state index contributed by atoms with van der Waals surface area (Å²) in [7, 11) is 1.76. The highest BCUT2D eigenvalue weighted by Gasteiger charge is 2.14. The van der Waals surface area contributed by atoms with Gasteiger partial charge in [0.1, 0.15) is 0 Å². The van der Waals surface area contributed by atoms with Crippen LogP contribution in [0.4, 0.5) is 5.69 Å². The Morgan fingerprint density at radius 3 is 2.81 bits per heavy atom. The first kappa shape index (κ1) is 13.6. The van der Waals surface area contributed by atoms with Crippen molar-refractivity contribution in [1.82, 2.24) is 9.97 Å². The minimum absolute atomic E-state index is 0.0126. The van der Waals surface area contributed by atoms with Crippen LogP contribution in [-0.2, 0) is 4.79 Å². The number of carbonyl (C=O) groups is 1. The molecule has 0 aliphatic carbocycles. The lowest BCUT2D eigenvalue weighted by Crippen LogP contribution is -2.27. The van der Waals surface area contributed by atoms with Crippen molar-refractivity contribution in [2.75, 3.05) is 17.7 Å². The fourth-order valence-electron chi connectivity index (χ4n) is 1.83. The molecule has 0 bridgehead atoms. The Morgan fingerprint density at radius 2 is 2.05 bits per heavy atom. The molecule has 0 saturated heterocycles. The van der Waals surface area contributed by atoms with E-state index in [4.69, 9.17) is 4.42 Å². The number of amides is 1. The molecule has 1 amide bonds. The monoisotopic (exact) mass is 299 g/mol. The number of thioether (sulfide) groups is 1. The fraction of sp³-hybridized carbons (Fsp3) is 0.133. The highest BCUT2D eigenvalue weighted by atomic mass is 32.2. The molecule has 2 heterocycles. The summed E-state index contributed by atoms with van der Waals surface area (Å²) in [4.78, 5) is 22.1. The number of hydrogen-bond acceptors (Lipinski definition) is 5. The molecule has 2 aromatic heterocycles. The van der Waals surface area contributed by atoms with Crippen LogP contribution in [0.25, 0.3) is 11.2 Å². The Balaban J connectivity index is 1.65. The second kappa shape index (κ2) is 5.97. The second-order valence-electron chi connectivity index (χ2n) is 4.38. The molecule has 0 aliphatic heterocycles. The lowest BCUT2D eigenvalue weighted by molar-refractivity contribution is -0.115. The Morgan fingerprint density at radius 1 is 1.24 bits per heavy atom. The molecule has 5 nitrogen and oxygen atoms in total. The predicted molar refractivity (Wildman–Crippen MR) is 82.4 cm³/mol. The van der Waals surface area contributed by atoms with E-state index in [2.05, 4.69) is 9.97 Å². The second-order valence-corrected chi connectivity index (χ2v) is 5.31. The number of oxazole rings is 1. The van der Waals surface area contributed by atoms with Gasteiger partial charge in [-0.2, -0.15) is 4.98 Å². The molecule has 1 aromatic carbocycles. The summed E-state index contributed by atoms with van der Waals surface area (Å²) in [6.45, 7) is 0. The number of hydrogen-bond donors (Lipinski definition) is 0. The van der Waals surface area contributed by atoms with Crippen molar-refractivity contribution in [3.05, 3.63) is 48.7 Å². The quantitative estimate of drug-likeness (QED) is 0.693. The Bertz CT molecular complexity index is 725. The highest BCUT2D eigenvalue weighted by molar-refractivity contribution is 7.99. The van der Waals surface area contributed by atoms with E-state index in [-0.39, 0.29) is 11.7 Å². The zero-order valence-electron chi connectivity index (χ0n) is 11.4. The number of fused-ring (bicyclic) bond motifs is 1. The first-order chi connectivity index (χ1) is 10.2. The molecule has 0 spiro atoms. The van der Waals surface area contributed by atoms with Gasteiger partial charge in [0, 0.05) is 18.9 Å². The molecule has 0 atom stereocenters. The highest BCUT2D eigenvalue weighted by Crippen LogP contribution is 2.22. The van der Waals surface area contributed by atoms with Crippen molar-refractivity contribution in [3.63, 3.8) is 0 Å². The number of carbonyl (C=O) groups excluding carboxylic acids is 1. The molecule has 21 heavy (non-hydrogen) atoms. The van der Waals surface area contributed by atoms with Crippen molar-refractivity contribution in [2.24, 2.45) is 0 Å². The van der Waals surface area contributed by atoms with Crippen LogP contribution >= 0.6 is 11.8 Å². The summed E-state index contributed by atoms with van der Waals surface area (Å²) in [5, 5.41) is 0.457. The number of anilines is 1. The number of pyridine rings is 1. The average molecular weight is 299 g/mol. The molecule has 6 heteroatoms. The van der Waals surface area contributed by atoms with Gasteiger partial charge in [-0.1, -0.05) is 30.0 Å². The number of nitrogens with zero attached hydrogens (tertiary/aromatic N) is 3. The van der Waals surface area contributed by atoms with E-state index < -0.39 is 0 Å².